The van der Waals surface area contributed by atoms with E-state index in [0.717, 1.165) is 80.0 Å². The molecule has 0 unspecified atom stereocenters. The number of carbonyl (C=O) groups is 4. The summed E-state index contributed by atoms with van der Waals surface area (Å²) in [5.41, 5.74) is 6.38. The number of aliphatic hydroxyl groups is 2. The number of methoxy groups -OCH3 is 1. The number of pyridine rings is 9. The summed E-state index contributed by atoms with van der Waals surface area (Å²) in [5.74, 6) is -8.94. The summed E-state index contributed by atoms with van der Waals surface area (Å²) in [6.45, 7) is 0.769. The van der Waals surface area contributed by atoms with Gasteiger partial charge in [-0.15, -0.1) is 0 Å². The van der Waals surface area contributed by atoms with Crippen molar-refractivity contribution in [2.75, 3.05) is 20.3 Å². The Kier molecular flexibility index (Phi) is 29.3. The van der Waals surface area contributed by atoms with Gasteiger partial charge in [-0.05, 0) is 216 Å². The number of aliphatic hydroxyl groups excluding tert-OH is 2. The first kappa shape index (κ1) is 94.6. The molecule has 0 bridgehead atoms. The summed E-state index contributed by atoms with van der Waals surface area (Å²) < 4.78 is 151. The first-order chi connectivity index (χ1) is 65.6. The number of amides is 3. The number of nitrogens with one attached hydrogen (secondary N) is 3. The molecule has 5 aromatic carbocycles. The number of nitrogens with zero attached hydrogens (tertiary/aromatic N) is 11. The number of benzene rings is 5. The van der Waals surface area contributed by atoms with E-state index < -0.39 is 102 Å². The second kappa shape index (κ2) is 42.2. The van der Waals surface area contributed by atoms with Crippen LogP contribution < -0.4 is 32.6 Å². The maximum Gasteiger partial charge on any atom is 0.356 e. The van der Waals surface area contributed by atoms with Gasteiger partial charge in [-0.1, -0.05) is 66.7 Å². The largest absolute Gasteiger partial charge is 0.464 e. The van der Waals surface area contributed by atoms with Crippen molar-refractivity contribution in [2.24, 2.45) is 0 Å². The predicted octanol–water partition coefficient (Wildman–Crippen LogP) is 13.0. The van der Waals surface area contributed by atoms with Gasteiger partial charge in [0.15, 0.2) is 46.2 Å². The van der Waals surface area contributed by atoms with Gasteiger partial charge in [0.2, 0.25) is 0 Å². The SMILES string of the molecule is C1CCOC1.COC(=O)c1cc(-c2cn(S(=O)(=O)c3ccccc3)c3ncccc23)cc(CNC(=O)c2cccn(Cc3ccc(F)c(F)c3)c2=O)n1.O=C(NCc1cc(-c2cn(S(=O)(=O)c3ccccc3)c3ncccc23)cc(CO)n1)c1cccn(Cc2ccc(F)c(F)c2)c1=O.O=C(NCc1cc(C2=CCc3ncccc32)cc(CO)n1)c1cccn(Cc2ccc(F)c(F)c2)c1=O. The topological polar surface area (TPSA) is 385 Å². The van der Waals surface area contributed by atoms with Gasteiger partial charge in [0.25, 0.3) is 54.4 Å². The number of hydrogen-bond donors (Lipinski definition) is 5. The summed E-state index contributed by atoms with van der Waals surface area (Å²) in [6, 6.07) is 54.8. The normalized spacial score (nSPS) is 12.1. The number of halogens is 6. The van der Waals surface area contributed by atoms with Crippen molar-refractivity contribution in [1.82, 2.24) is 67.5 Å². The molecule has 0 spiro atoms. The van der Waals surface area contributed by atoms with E-state index in [9.17, 15) is 87.0 Å². The molecule has 29 nitrogen and oxygen atoms in total. The standard InChI is InChI=1S/C34H25F2N5O6S.C33H25F2N5O5S.C28H22F2N4O3.C4H8O/c1-47-34(44)30-17-22(27-20-41(31-25(27)9-5-13-37-31)48(45,46)24-7-3-2-4-8-24)16-23(39-30)18-38-32(42)26-10-6-14-40(33(26)43)19-21-11-12-28(35)29(36)15-21;34-29-11-10-21(14-30(29)35)18-39-13-5-9-27(33(39)43)32(42)37-17-23-15-22(16-24(20-41)38-23)28-19-40(31-26(28)8-4-12-36-31)46(44,45)25-6-2-1-3-7-25;29-24-7-5-17(11-25(24)30)15-34-10-2-4-23(28(34)37)27(36)32-14-19-12-18(13-20(16-35)33-19)21-6-8-26-22(21)3-1-9-31-26;1-2-4-5-3-1/h2-17,20H,18-19H2,1H3,(H,38,42);1-16,19,41H,17-18,20H2,(H,37,42);1-7,9-13,35H,8,14-16H2,(H,32,36);1-4H2. The van der Waals surface area contributed by atoms with Crippen molar-refractivity contribution < 1.29 is 82.0 Å². The average molecular weight is 1880 g/mol. The zero-order chi connectivity index (χ0) is 95.9. The second-order valence-corrected chi connectivity index (χ2v) is 34.4. The molecular formula is C99H80F6N14O15S2. The Balaban J connectivity index is 0.000000152. The van der Waals surface area contributed by atoms with E-state index in [4.69, 9.17) is 9.47 Å². The van der Waals surface area contributed by atoms with Crippen LogP contribution in [0.25, 0.3) is 49.9 Å². The molecule has 1 fully saturated rings. The predicted molar refractivity (Wildman–Crippen MR) is 488 cm³/mol. The minimum atomic E-state index is -4.05. The van der Waals surface area contributed by atoms with Crippen molar-refractivity contribution in [3.05, 3.63) is 430 Å². The van der Waals surface area contributed by atoms with E-state index in [1.54, 1.807) is 91.1 Å². The van der Waals surface area contributed by atoms with Crippen molar-refractivity contribution >= 4 is 71.4 Å². The fourth-order valence-corrected chi connectivity index (χ4v) is 17.7. The first-order valence-electron chi connectivity index (χ1n) is 42.0. The van der Waals surface area contributed by atoms with Gasteiger partial charge in [-0.2, -0.15) is 0 Å². The number of rotatable bonds is 25. The monoisotopic (exact) mass is 1880 g/mol. The van der Waals surface area contributed by atoms with Gasteiger partial charge in [0, 0.05) is 96.7 Å². The maximum absolute atomic E-state index is 13.7. The van der Waals surface area contributed by atoms with Crippen LogP contribution in [0.15, 0.2) is 304 Å². The molecule has 1 saturated heterocycles. The van der Waals surface area contributed by atoms with E-state index in [1.807, 2.05) is 18.2 Å². The van der Waals surface area contributed by atoms with E-state index >= 15 is 0 Å². The molecule has 5 N–H and O–H groups in total. The third-order valence-corrected chi connectivity index (χ3v) is 25.0. The van der Waals surface area contributed by atoms with Gasteiger partial charge >= 0.3 is 5.97 Å². The van der Waals surface area contributed by atoms with Gasteiger partial charge in [0.05, 0.1) is 104 Å². The Morgan fingerprint density at radius 3 is 1.20 bits per heavy atom. The van der Waals surface area contributed by atoms with Crippen molar-refractivity contribution in [1.29, 1.82) is 0 Å². The van der Waals surface area contributed by atoms with Gasteiger partial charge in [-0.25, -0.2) is 70.9 Å². The molecule has 3 amide bonds. The number of ether oxygens (including phenoxy) is 2. The molecule has 12 heterocycles. The Morgan fingerprint density at radius 2 is 0.801 bits per heavy atom. The Bertz CT molecular complexity index is 7740. The van der Waals surface area contributed by atoms with Crippen LogP contribution in [-0.2, 0) is 88.4 Å². The molecule has 16 aromatic rings. The molecular weight excluding hydrogens is 1800 g/mol. The van der Waals surface area contributed by atoms with Crippen LogP contribution in [0.3, 0.4) is 0 Å². The van der Waals surface area contributed by atoms with Crippen LogP contribution in [0.5, 0.6) is 0 Å². The van der Waals surface area contributed by atoms with Crippen LogP contribution in [0.2, 0.25) is 0 Å². The average Bonchev–Trinajstić information content (AvgIpc) is 1.61. The molecule has 18 rings (SSSR count). The minimum absolute atomic E-state index is 0.0218. The minimum Gasteiger partial charge on any atom is -0.464 e. The summed E-state index contributed by atoms with van der Waals surface area (Å²) in [4.78, 5) is 117. The zero-order valence-corrected chi connectivity index (χ0v) is 73.6. The zero-order valence-electron chi connectivity index (χ0n) is 72.0. The highest BCUT2D eigenvalue weighted by Gasteiger charge is 2.28. The molecule has 1 aliphatic heterocycles. The number of fused-ring (bicyclic) bond motifs is 3. The van der Waals surface area contributed by atoms with E-state index in [1.165, 1.54) is 162 Å². The fourth-order valence-electron chi connectivity index (χ4n) is 15.0. The molecule has 0 atom stereocenters. The highest BCUT2D eigenvalue weighted by atomic mass is 32.2. The molecule has 2 aliphatic rings. The number of hydrogen-bond acceptors (Lipinski definition) is 21. The summed E-state index contributed by atoms with van der Waals surface area (Å²) in [6.07, 6.45) is 17.2. The molecule has 1 aliphatic carbocycles. The molecule has 0 radical (unpaired) electrons. The van der Waals surface area contributed by atoms with Crippen molar-refractivity contribution in [2.45, 2.75) is 81.5 Å². The van der Waals surface area contributed by atoms with E-state index in [0.29, 0.717) is 73.2 Å². The lowest BCUT2D eigenvalue weighted by atomic mass is 10.0. The quantitative estimate of drug-likeness (QED) is 0.0262. The lowest BCUT2D eigenvalue weighted by molar-refractivity contribution is 0.0593. The number of esters is 1. The highest BCUT2D eigenvalue weighted by molar-refractivity contribution is 7.90. The molecule has 690 valence electrons. The first-order valence-corrected chi connectivity index (χ1v) is 44.8. The number of aromatic nitrogens is 11. The molecule has 11 aromatic heterocycles. The molecule has 136 heavy (non-hydrogen) atoms. The van der Waals surface area contributed by atoms with Gasteiger partial charge in [-0.3, -0.25) is 43.7 Å². The van der Waals surface area contributed by atoms with Crippen LogP contribution in [-0.4, -0.2) is 123 Å². The lowest BCUT2D eigenvalue weighted by Crippen LogP contribution is -2.33. The molecule has 0 saturated carbocycles. The fraction of sp³-hybridized carbons (Fsp3) is 0.141. The van der Waals surface area contributed by atoms with Crippen LogP contribution in [0.4, 0.5) is 26.3 Å². The van der Waals surface area contributed by atoms with Crippen LogP contribution >= 0.6 is 0 Å². The van der Waals surface area contributed by atoms with Gasteiger partial charge < -0.3 is 49.3 Å². The smallest absolute Gasteiger partial charge is 0.356 e. The summed E-state index contributed by atoms with van der Waals surface area (Å²) in [7, 11) is -6.87. The van der Waals surface area contributed by atoms with Gasteiger partial charge in [0.1, 0.15) is 22.4 Å². The molecule has 37 heteroatoms. The number of carbonyl (C=O) groups excluding carboxylic acids is 4. The van der Waals surface area contributed by atoms with E-state index in [-0.39, 0.29) is 101 Å². The van der Waals surface area contributed by atoms with E-state index in [2.05, 4.69) is 51.9 Å². The third kappa shape index (κ3) is 21.6. The van der Waals surface area contributed by atoms with Crippen molar-refractivity contribution in [3.63, 3.8) is 0 Å². The summed E-state index contributed by atoms with van der Waals surface area (Å²) in [5, 5.41) is 28.7. The van der Waals surface area contributed by atoms with Crippen molar-refractivity contribution in [3.8, 4) is 22.3 Å². The lowest BCUT2D eigenvalue weighted by Gasteiger charge is -2.12. The Labute approximate surface area is 771 Å². The Hall–Kier alpha value is -16.1. The van der Waals surface area contributed by atoms with Crippen LogP contribution in [0.1, 0.15) is 116 Å². The second-order valence-electron chi connectivity index (χ2n) is 30.8. The third-order valence-electron chi connectivity index (χ3n) is 21.7. The summed E-state index contributed by atoms with van der Waals surface area (Å²) >= 11 is 0. The highest BCUT2D eigenvalue weighted by Crippen LogP contribution is 2.37. The van der Waals surface area contributed by atoms with Crippen LogP contribution in [0, 0.1) is 34.9 Å². The Morgan fingerprint density at radius 1 is 0.419 bits per heavy atom. The number of allylic oxidation sites excluding steroid dienone is 1. The maximum atomic E-state index is 13.7.